The van der Waals surface area contributed by atoms with Crippen LogP contribution in [-0.2, 0) is 0 Å². The Kier molecular flexibility index (Phi) is 3.91. The molecular formula is C14H13Cl2NO. The maximum atomic E-state index is 10.3. The molecular weight excluding hydrogens is 269 g/mol. The van der Waals surface area contributed by atoms with E-state index in [1.165, 1.54) is 11.8 Å². The van der Waals surface area contributed by atoms with Crippen molar-refractivity contribution in [2.75, 3.05) is 0 Å². The average molecular weight is 282 g/mol. The van der Waals surface area contributed by atoms with Crippen LogP contribution in [-0.4, -0.2) is 10.1 Å². The summed E-state index contributed by atoms with van der Waals surface area (Å²) in [5.41, 5.74) is 3.50. The smallest absolute Gasteiger partial charge is 0.122 e. The van der Waals surface area contributed by atoms with Crippen molar-refractivity contribution in [1.29, 1.82) is 0 Å². The topological polar surface area (TPSA) is 33.1 Å². The molecule has 1 N–H and O–H groups in total. The minimum atomic E-state index is -0.839. The van der Waals surface area contributed by atoms with Crippen LogP contribution >= 0.6 is 23.2 Å². The summed E-state index contributed by atoms with van der Waals surface area (Å²) < 4.78 is 0. The zero-order valence-electron chi connectivity index (χ0n) is 10.1. The van der Waals surface area contributed by atoms with Crippen LogP contribution in [0.1, 0.15) is 28.5 Å². The molecule has 0 aliphatic rings. The third-order valence-corrected chi connectivity index (χ3v) is 3.45. The molecule has 0 fully saturated rings. The molecule has 0 saturated carbocycles. The summed E-state index contributed by atoms with van der Waals surface area (Å²) in [5, 5.41) is 11.1. The molecule has 2 aromatic rings. The van der Waals surface area contributed by atoms with Gasteiger partial charge in [0.15, 0.2) is 0 Å². The molecule has 0 spiro atoms. The Labute approximate surface area is 116 Å². The lowest BCUT2D eigenvalue weighted by atomic mass is 10.0. The summed E-state index contributed by atoms with van der Waals surface area (Å²) in [7, 11) is 0. The second-order valence-corrected chi connectivity index (χ2v) is 5.11. The fraction of sp³-hybridized carbons (Fsp3) is 0.214. The fourth-order valence-corrected chi connectivity index (χ4v) is 2.20. The maximum absolute atomic E-state index is 10.3. The number of nitrogens with zero attached hydrogens (tertiary/aromatic N) is 1. The van der Waals surface area contributed by atoms with Crippen molar-refractivity contribution in [1.82, 2.24) is 4.98 Å². The standard InChI is InChI=1S/C14H13Cl2NO/c1-8-3-4-10(5-9(8)2)14(18)13-12(16)6-11(15)7-17-13/h3-7,14,18H,1-2H3. The van der Waals surface area contributed by atoms with Crippen molar-refractivity contribution in [2.45, 2.75) is 20.0 Å². The quantitative estimate of drug-likeness (QED) is 0.900. The van der Waals surface area contributed by atoms with Crippen LogP contribution in [0.5, 0.6) is 0 Å². The second kappa shape index (κ2) is 5.27. The highest BCUT2D eigenvalue weighted by Crippen LogP contribution is 2.29. The molecule has 1 aromatic heterocycles. The Morgan fingerprint density at radius 3 is 2.44 bits per heavy atom. The summed E-state index contributed by atoms with van der Waals surface area (Å²) in [5.74, 6) is 0. The van der Waals surface area contributed by atoms with Gasteiger partial charge in [-0.15, -0.1) is 0 Å². The third kappa shape index (κ3) is 2.66. The Hall–Kier alpha value is -1.09. The number of aromatic nitrogens is 1. The minimum absolute atomic E-state index is 0.369. The van der Waals surface area contributed by atoms with E-state index in [9.17, 15) is 5.11 Å². The molecule has 1 unspecified atom stereocenters. The average Bonchev–Trinajstić information content (AvgIpc) is 2.32. The van der Waals surface area contributed by atoms with Crippen molar-refractivity contribution in [3.8, 4) is 0 Å². The minimum Gasteiger partial charge on any atom is -0.382 e. The summed E-state index contributed by atoms with van der Waals surface area (Å²) in [4.78, 5) is 4.09. The first-order valence-electron chi connectivity index (χ1n) is 5.55. The molecule has 2 nitrogen and oxygen atoms in total. The Morgan fingerprint density at radius 2 is 1.83 bits per heavy atom. The van der Waals surface area contributed by atoms with E-state index in [1.54, 1.807) is 6.07 Å². The fourth-order valence-electron chi connectivity index (χ4n) is 1.72. The predicted molar refractivity (Wildman–Crippen MR) is 74.2 cm³/mol. The van der Waals surface area contributed by atoms with Gasteiger partial charge in [-0.2, -0.15) is 0 Å². The molecule has 4 heteroatoms. The number of aryl methyl sites for hydroxylation is 2. The van der Waals surface area contributed by atoms with E-state index in [-0.39, 0.29) is 0 Å². The summed E-state index contributed by atoms with van der Waals surface area (Å²) >= 11 is 11.8. The highest BCUT2D eigenvalue weighted by atomic mass is 35.5. The normalized spacial score (nSPS) is 12.5. The zero-order chi connectivity index (χ0) is 13.3. The van der Waals surface area contributed by atoms with E-state index in [4.69, 9.17) is 23.2 Å². The lowest BCUT2D eigenvalue weighted by Crippen LogP contribution is -2.04. The van der Waals surface area contributed by atoms with Gasteiger partial charge in [-0.3, -0.25) is 4.98 Å². The van der Waals surface area contributed by atoms with Gasteiger partial charge in [0.25, 0.3) is 0 Å². The van der Waals surface area contributed by atoms with Crippen LogP contribution in [0.25, 0.3) is 0 Å². The predicted octanol–water partition coefficient (Wildman–Crippen LogP) is 4.09. The van der Waals surface area contributed by atoms with E-state index < -0.39 is 6.10 Å². The van der Waals surface area contributed by atoms with Gasteiger partial charge >= 0.3 is 0 Å². The van der Waals surface area contributed by atoms with Gasteiger partial charge in [0.2, 0.25) is 0 Å². The Bertz CT molecular complexity index is 584. The van der Waals surface area contributed by atoms with E-state index in [0.29, 0.717) is 15.7 Å². The van der Waals surface area contributed by atoms with Crippen LogP contribution in [0.15, 0.2) is 30.5 Å². The summed E-state index contributed by atoms with van der Waals surface area (Å²) in [6, 6.07) is 7.36. The molecule has 0 aliphatic carbocycles. The highest BCUT2D eigenvalue weighted by Gasteiger charge is 2.16. The largest absolute Gasteiger partial charge is 0.382 e. The molecule has 0 radical (unpaired) electrons. The van der Waals surface area contributed by atoms with E-state index in [1.807, 2.05) is 32.0 Å². The lowest BCUT2D eigenvalue weighted by Gasteiger charge is -2.13. The first-order chi connectivity index (χ1) is 8.49. The molecule has 1 aromatic carbocycles. The Balaban J connectivity index is 2.41. The number of hydrogen-bond acceptors (Lipinski definition) is 2. The van der Waals surface area contributed by atoms with Crippen LogP contribution in [0.2, 0.25) is 10.0 Å². The molecule has 2 rings (SSSR count). The molecule has 0 bridgehead atoms. The van der Waals surface area contributed by atoms with Gasteiger partial charge < -0.3 is 5.11 Å². The van der Waals surface area contributed by atoms with Gasteiger partial charge in [0.1, 0.15) is 6.10 Å². The first kappa shape index (κ1) is 13.3. The van der Waals surface area contributed by atoms with Crippen LogP contribution < -0.4 is 0 Å². The molecule has 18 heavy (non-hydrogen) atoms. The van der Waals surface area contributed by atoms with Crippen molar-refractivity contribution in [3.63, 3.8) is 0 Å². The number of hydrogen-bond donors (Lipinski definition) is 1. The first-order valence-corrected chi connectivity index (χ1v) is 6.31. The van der Waals surface area contributed by atoms with E-state index in [2.05, 4.69) is 4.98 Å². The highest BCUT2D eigenvalue weighted by molar-refractivity contribution is 6.34. The lowest BCUT2D eigenvalue weighted by molar-refractivity contribution is 0.215. The summed E-state index contributed by atoms with van der Waals surface area (Å²) in [6.07, 6.45) is 0.640. The molecule has 1 atom stereocenters. The van der Waals surface area contributed by atoms with Gasteiger partial charge in [0, 0.05) is 6.20 Å². The van der Waals surface area contributed by atoms with Crippen molar-refractivity contribution in [3.05, 3.63) is 62.9 Å². The van der Waals surface area contributed by atoms with Crippen LogP contribution in [0.4, 0.5) is 0 Å². The number of halogens is 2. The summed E-state index contributed by atoms with van der Waals surface area (Å²) in [6.45, 7) is 4.03. The number of benzene rings is 1. The van der Waals surface area contributed by atoms with Gasteiger partial charge in [-0.1, -0.05) is 41.4 Å². The molecule has 1 heterocycles. The zero-order valence-corrected chi connectivity index (χ0v) is 11.6. The number of rotatable bonds is 2. The molecule has 0 amide bonds. The van der Waals surface area contributed by atoms with Gasteiger partial charge in [-0.05, 0) is 36.6 Å². The van der Waals surface area contributed by atoms with E-state index in [0.717, 1.165) is 11.1 Å². The number of aliphatic hydroxyl groups is 1. The van der Waals surface area contributed by atoms with Crippen molar-refractivity contribution >= 4 is 23.2 Å². The van der Waals surface area contributed by atoms with Gasteiger partial charge in [0.05, 0.1) is 15.7 Å². The van der Waals surface area contributed by atoms with E-state index >= 15 is 0 Å². The van der Waals surface area contributed by atoms with Gasteiger partial charge in [-0.25, -0.2) is 0 Å². The second-order valence-electron chi connectivity index (χ2n) is 4.27. The number of aliphatic hydroxyl groups excluding tert-OH is 1. The number of pyridine rings is 1. The third-order valence-electron chi connectivity index (χ3n) is 2.94. The molecule has 0 saturated heterocycles. The van der Waals surface area contributed by atoms with Crippen molar-refractivity contribution < 1.29 is 5.11 Å². The maximum Gasteiger partial charge on any atom is 0.122 e. The SMILES string of the molecule is Cc1ccc(C(O)c2ncc(Cl)cc2Cl)cc1C. The Morgan fingerprint density at radius 1 is 1.11 bits per heavy atom. The van der Waals surface area contributed by atoms with Crippen LogP contribution in [0.3, 0.4) is 0 Å². The molecule has 0 aliphatic heterocycles. The molecule has 94 valence electrons. The monoisotopic (exact) mass is 281 g/mol. The van der Waals surface area contributed by atoms with Crippen LogP contribution in [0, 0.1) is 13.8 Å². The van der Waals surface area contributed by atoms with Crippen molar-refractivity contribution in [2.24, 2.45) is 0 Å².